The Balaban J connectivity index is 0.00000180. The van der Waals surface area contributed by atoms with Crippen LogP contribution in [0.4, 0.5) is 0 Å². The predicted octanol–water partition coefficient (Wildman–Crippen LogP) is 3.83. The Labute approximate surface area is 120 Å². The van der Waals surface area contributed by atoms with Crippen molar-refractivity contribution in [3.05, 3.63) is 48.0 Å². The van der Waals surface area contributed by atoms with Gasteiger partial charge in [-0.2, -0.15) is 0 Å². The number of rotatable bonds is 5. The molecule has 1 unspecified atom stereocenters. The smallest absolute Gasteiger partial charge is 0.179 e. The SMILES string of the molecule is CCCC(NC)C(=O)c1ccc2ccccc2c1.Cl. The molecule has 1 N–H and O–H groups in total. The third-order valence-electron chi connectivity index (χ3n) is 3.28. The highest BCUT2D eigenvalue weighted by atomic mass is 35.5. The summed E-state index contributed by atoms with van der Waals surface area (Å²) in [6, 6.07) is 14.0. The third kappa shape index (κ3) is 3.55. The fourth-order valence-electron chi connectivity index (χ4n) is 2.24. The van der Waals surface area contributed by atoms with Gasteiger partial charge in [0.25, 0.3) is 0 Å². The molecule has 0 saturated carbocycles. The zero-order valence-electron chi connectivity index (χ0n) is 11.3. The molecule has 1 atom stereocenters. The minimum Gasteiger partial charge on any atom is -0.310 e. The molecule has 0 spiro atoms. The summed E-state index contributed by atoms with van der Waals surface area (Å²) < 4.78 is 0. The number of benzene rings is 2. The van der Waals surface area contributed by atoms with E-state index < -0.39 is 0 Å². The molecule has 0 aromatic heterocycles. The standard InChI is InChI=1S/C16H19NO.ClH/c1-3-6-15(17-2)16(18)14-10-9-12-7-4-5-8-13(12)11-14;/h4-5,7-11,15,17H,3,6H2,1-2H3;1H. The highest BCUT2D eigenvalue weighted by molar-refractivity contribution is 6.03. The molecular weight excluding hydrogens is 258 g/mol. The molecule has 0 aliphatic heterocycles. The van der Waals surface area contributed by atoms with Gasteiger partial charge < -0.3 is 5.32 Å². The van der Waals surface area contributed by atoms with Crippen molar-refractivity contribution in [3.8, 4) is 0 Å². The number of fused-ring (bicyclic) bond motifs is 1. The van der Waals surface area contributed by atoms with E-state index in [-0.39, 0.29) is 24.2 Å². The lowest BCUT2D eigenvalue weighted by Crippen LogP contribution is -2.33. The predicted molar refractivity (Wildman–Crippen MR) is 83.3 cm³/mol. The van der Waals surface area contributed by atoms with Crippen LogP contribution in [0.15, 0.2) is 42.5 Å². The summed E-state index contributed by atoms with van der Waals surface area (Å²) in [7, 11) is 1.85. The minimum atomic E-state index is -0.0730. The van der Waals surface area contributed by atoms with Crippen LogP contribution in [0.1, 0.15) is 30.1 Å². The van der Waals surface area contributed by atoms with E-state index in [0.717, 1.165) is 23.8 Å². The number of nitrogens with one attached hydrogen (secondary N) is 1. The van der Waals surface area contributed by atoms with Gasteiger partial charge in [0.15, 0.2) is 5.78 Å². The van der Waals surface area contributed by atoms with Gasteiger partial charge >= 0.3 is 0 Å². The Morgan fingerprint density at radius 3 is 2.47 bits per heavy atom. The van der Waals surface area contributed by atoms with E-state index in [1.165, 1.54) is 5.39 Å². The average molecular weight is 278 g/mol. The van der Waals surface area contributed by atoms with Crippen LogP contribution < -0.4 is 5.32 Å². The summed E-state index contributed by atoms with van der Waals surface area (Å²) in [4.78, 5) is 12.3. The zero-order chi connectivity index (χ0) is 13.0. The van der Waals surface area contributed by atoms with Gasteiger partial charge in [0.1, 0.15) is 0 Å². The first-order valence-electron chi connectivity index (χ1n) is 6.46. The maximum Gasteiger partial charge on any atom is 0.179 e. The quantitative estimate of drug-likeness (QED) is 0.842. The maximum atomic E-state index is 12.3. The molecule has 19 heavy (non-hydrogen) atoms. The monoisotopic (exact) mass is 277 g/mol. The highest BCUT2D eigenvalue weighted by Crippen LogP contribution is 2.17. The molecule has 2 aromatic carbocycles. The third-order valence-corrected chi connectivity index (χ3v) is 3.28. The number of likely N-dealkylation sites (N-methyl/N-ethyl adjacent to an activating group) is 1. The molecule has 0 saturated heterocycles. The van der Waals surface area contributed by atoms with E-state index in [1.54, 1.807) is 0 Å². The van der Waals surface area contributed by atoms with E-state index in [2.05, 4.69) is 18.3 Å². The van der Waals surface area contributed by atoms with Gasteiger partial charge in [-0.25, -0.2) is 0 Å². The Morgan fingerprint density at radius 1 is 1.16 bits per heavy atom. The molecule has 0 aliphatic carbocycles. The van der Waals surface area contributed by atoms with Crippen LogP contribution in [0.5, 0.6) is 0 Å². The molecule has 102 valence electrons. The Kier molecular flexibility index (Phi) is 6.00. The molecule has 3 heteroatoms. The van der Waals surface area contributed by atoms with Crippen LogP contribution >= 0.6 is 12.4 Å². The summed E-state index contributed by atoms with van der Waals surface area (Å²) in [5.41, 5.74) is 0.793. The summed E-state index contributed by atoms with van der Waals surface area (Å²) in [5.74, 6) is 0.185. The summed E-state index contributed by atoms with van der Waals surface area (Å²) in [6.07, 6.45) is 1.88. The lowest BCUT2D eigenvalue weighted by Gasteiger charge is -2.14. The van der Waals surface area contributed by atoms with Crippen LogP contribution in [-0.4, -0.2) is 18.9 Å². The van der Waals surface area contributed by atoms with E-state index in [1.807, 2.05) is 43.4 Å². The van der Waals surface area contributed by atoms with Gasteiger partial charge in [-0.1, -0.05) is 49.7 Å². The summed E-state index contributed by atoms with van der Waals surface area (Å²) in [5, 5.41) is 5.39. The molecule has 0 amide bonds. The second-order valence-electron chi connectivity index (χ2n) is 4.56. The topological polar surface area (TPSA) is 29.1 Å². The van der Waals surface area contributed by atoms with Crippen LogP contribution in [-0.2, 0) is 0 Å². The molecule has 0 bridgehead atoms. The van der Waals surface area contributed by atoms with Crippen molar-refractivity contribution in [2.45, 2.75) is 25.8 Å². The molecule has 2 aromatic rings. The minimum absolute atomic E-state index is 0. The molecule has 0 fully saturated rings. The van der Waals surface area contributed by atoms with Crippen molar-refractivity contribution in [1.29, 1.82) is 0 Å². The second-order valence-corrected chi connectivity index (χ2v) is 4.56. The van der Waals surface area contributed by atoms with E-state index in [9.17, 15) is 4.79 Å². The molecule has 0 radical (unpaired) electrons. The maximum absolute atomic E-state index is 12.3. The molecular formula is C16H20ClNO. The largest absolute Gasteiger partial charge is 0.310 e. The van der Waals surface area contributed by atoms with Crippen molar-refractivity contribution in [2.75, 3.05) is 7.05 Å². The van der Waals surface area contributed by atoms with Gasteiger partial charge in [0.05, 0.1) is 6.04 Å². The van der Waals surface area contributed by atoms with Crippen LogP contribution in [0.3, 0.4) is 0 Å². The number of hydrogen-bond donors (Lipinski definition) is 1. The average Bonchev–Trinajstić information content (AvgIpc) is 2.43. The fourth-order valence-corrected chi connectivity index (χ4v) is 2.24. The Hall–Kier alpha value is -1.38. The van der Waals surface area contributed by atoms with Crippen LogP contribution in [0.25, 0.3) is 10.8 Å². The van der Waals surface area contributed by atoms with Crippen molar-refractivity contribution in [2.24, 2.45) is 0 Å². The van der Waals surface area contributed by atoms with Gasteiger partial charge in [0.2, 0.25) is 0 Å². The Bertz CT molecular complexity index is 553. The number of carbonyl (C=O) groups excluding carboxylic acids is 1. The Morgan fingerprint density at radius 2 is 1.84 bits per heavy atom. The first kappa shape index (κ1) is 15.7. The number of Topliss-reactive ketones (excluding diaryl/α,β-unsaturated/α-hetero) is 1. The highest BCUT2D eigenvalue weighted by Gasteiger charge is 2.17. The molecule has 0 aliphatic rings. The lowest BCUT2D eigenvalue weighted by atomic mass is 9.98. The first-order valence-corrected chi connectivity index (χ1v) is 6.46. The van der Waals surface area contributed by atoms with E-state index in [0.29, 0.717) is 0 Å². The van der Waals surface area contributed by atoms with E-state index >= 15 is 0 Å². The van der Waals surface area contributed by atoms with Crippen molar-refractivity contribution >= 4 is 29.0 Å². The lowest BCUT2D eigenvalue weighted by molar-refractivity contribution is 0.0942. The van der Waals surface area contributed by atoms with Gasteiger partial charge in [-0.05, 0) is 30.3 Å². The van der Waals surface area contributed by atoms with Gasteiger partial charge in [-0.15, -0.1) is 12.4 Å². The second kappa shape index (κ2) is 7.27. The normalized spacial score (nSPS) is 11.9. The molecule has 2 rings (SSSR count). The number of halogens is 1. The van der Waals surface area contributed by atoms with E-state index in [4.69, 9.17) is 0 Å². The fraction of sp³-hybridized carbons (Fsp3) is 0.312. The van der Waals surface area contributed by atoms with Crippen molar-refractivity contribution in [3.63, 3.8) is 0 Å². The summed E-state index contributed by atoms with van der Waals surface area (Å²) in [6.45, 7) is 2.10. The first-order chi connectivity index (χ1) is 8.76. The number of carbonyl (C=O) groups is 1. The van der Waals surface area contributed by atoms with Crippen molar-refractivity contribution in [1.82, 2.24) is 5.32 Å². The van der Waals surface area contributed by atoms with Crippen LogP contribution in [0, 0.1) is 0 Å². The zero-order valence-corrected chi connectivity index (χ0v) is 12.2. The summed E-state index contributed by atoms with van der Waals surface area (Å²) >= 11 is 0. The van der Waals surface area contributed by atoms with Gasteiger partial charge in [-0.3, -0.25) is 4.79 Å². The molecule has 0 heterocycles. The number of hydrogen-bond acceptors (Lipinski definition) is 2. The molecule has 2 nitrogen and oxygen atoms in total. The van der Waals surface area contributed by atoms with Crippen molar-refractivity contribution < 1.29 is 4.79 Å². The van der Waals surface area contributed by atoms with Crippen LogP contribution in [0.2, 0.25) is 0 Å². The number of ketones is 1. The van der Waals surface area contributed by atoms with Gasteiger partial charge in [0, 0.05) is 5.56 Å².